The van der Waals surface area contributed by atoms with Crippen LogP contribution in [0.1, 0.15) is 20.8 Å². The van der Waals surface area contributed by atoms with E-state index in [1.54, 1.807) is 24.3 Å². The minimum absolute atomic E-state index is 0.310. The SMILES string of the molecule is CC(C)(C)NC(=O)Oc1cccc(Cl)c1. The monoisotopic (exact) mass is 227 g/mol. The Morgan fingerprint density at radius 3 is 2.60 bits per heavy atom. The normalized spacial score (nSPS) is 10.9. The molecule has 0 saturated heterocycles. The van der Waals surface area contributed by atoms with E-state index in [4.69, 9.17) is 16.3 Å². The summed E-state index contributed by atoms with van der Waals surface area (Å²) >= 11 is 5.75. The van der Waals surface area contributed by atoms with Gasteiger partial charge in [-0.1, -0.05) is 17.7 Å². The van der Waals surface area contributed by atoms with Gasteiger partial charge in [0.1, 0.15) is 5.75 Å². The van der Waals surface area contributed by atoms with Crippen molar-refractivity contribution in [1.29, 1.82) is 0 Å². The van der Waals surface area contributed by atoms with Gasteiger partial charge in [-0.15, -0.1) is 0 Å². The smallest absolute Gasteiger partial charge is 0.410 e. The van der Waals surface area contributed by atoms with Gasteiger partial charge < -0.3 is 10.1 Å². The molecule has 1 aromatic rings. The predicted molar refractivity (Wildman–Crippen MR) is 60.4 cm³/mol. The van der Waals surface area contributed by atoms with E-state index in [0.29, 0.717) is 10.8 Å². The Kier molecular flexibility index (Phi) is 3.58. The van der Waals surface area contributed by atoms with E-state index in [1.807, 2.05) is 20.8 Å². The summed E-state index contributed by atoms with van der Waals surface area (Å²) in [6, 6.07) is 6.70. The highest BCUT2D eigenvalue weighted by molar-refractivity contribution is 6.30. The maximum Gasteiger partial charge on any atom is 0.413 e. The molecular weight excluding hydrogens is 214 g/mol. The van der Waals surface area contributed by atoms with E-state index in [2.05, 4.69) is 5.32 Å². The lowest BCUT2D eigenvalue weighted by molar-refractivity contribution is 0.190. The number of carbonyl (C=O) groups excluding carboxylic acids is 1. The number of amides is 1. The van der Waals surface area contributed by atoms with Crippen LogP contribution in [0.25, 0.3) is 0 Å². The summed E-state index contributed by atoms with van der Waals surface area (Å²) in [5, 5.41) is 3.22. The number of ether oxygens (including phenoxy) is 1. The molecule has 4 heteroatoms. The highest BCUT2D eigenvalue weighted by Crippen LogP contribution is 2.17. The van der Waals surface area contributed by atoms with E-state index in [9.17, 15) is 4.79 Å². The molecule has 0 fully saturated rings. The van der Waals surface area contributed by atoms with Crippen molar-refractivity contribution in [3.05, 3.63) is 29.3 Å². The third-order valence-electron chi connectivity index (χ3n) is 1.48. The lowest BCUT2D eigenvalue weighted by Crippen LogP contribution is -2.42. The molecule has 0 aliphatic heterocycles. The first kappa shape index (κ1) is 11.9. The summed E-state index contributed by atoms with van der Waals surface area (Å²) in [5.41, 5.74) is -0.310. The number of carbonyl (C=O) groups is 1. The fraction of sp³-hybridized carbons (Fsp3) is 0.364. The van der Waals surface area contributed by atoms with Gasteiger partial charge in [-0.25, -0.2) is 4.79 Å². The van der Waals surface area contributed by atoms with Crippen LogP contribution >= 0.6 is 11.6 Å². The van der Waals surface area contributed by atoms with Crippen LogP contribution in [-0.4, -0.2) is 11.6 Å². The molecule has 0 unspecified atom stereocenters. The average molecular weight is 228 g/mol. The molecule has 1 aromatic carbocycles. The number of nitrogens with one attached hydrogen (secondary N) is 1. The first-order valence-electron chi connectivity index (χ1n) is 4.62. The van der Waals surface area contributed by atoms with Gasteiger partial charge in [-0.3, -0.25) is 0 Å². The summed E-state index contributed by atoms with van der Waals surface area (Å²) in [7, 11) is 0. The van der Waals surface area contributed by atoms with E-state index in [-0.39, 0.29) is 5.54 Å². The molecule has 0 atom stereocenters. The second-order valence-electron chi connectivity index (χ2n) is 4.22. The van der Waals surface area contributed by atoms with Crippen LogP contribution in [0.3, 0.4) is 0 Å². The zero-order valence-electron chi connectivity index (χ0n) is 9.00. The summed E-state index contributed by atoms with van der Waals surface area (Å²) in [6.45, 7) is 5.64. The lowest BCUT2D eigenvalue weighted by atomic mass is 10.1. The highest BCUT2D eigenvalue weighted by Gasteiger charge is 2.15. The van der Waals surface area contributed by atoms with Crippen LogP contribution < -0.4 is 10.1 Å². The van der Waals surface area contributed by atoms with Crippen LogP contribution in [0.15, 0.2) is 24.3 Å². The summed E-state index contributed by atoms with van der Waals surface area (Å²) < 4.78 is 5.04. The largest absolute Gasteiger partial charge is 0.413 e. The molecule has 1 N–H and O–H groups in total. The van der Waals surface area contributed by atoms with E-state index < -0.39 is 6.09 Å². The van der Waals surface area contributed by atoms with Gasteiger partial charge in [-0.2, -0.15) is 0 Å². The van der Waals surface area contributed by atoms with Crippen LogP contribution in [0.2, 0.25) is 5.02 Å². The number of hydrogen-bond acceptors (Lipinski definition) is 2. The maximum atomic E-state index is 11.4. The molecule has 0 bridgehead atoms. The second kappa shape index (κ2) is 4.53. The van der Waals surface area contributed by atoms with Crippen molar-refractivity contribution in [2.45, 2.75) is 26.3 Å². The summed E-state index contributed by atoms with van der Waals surface area (Å²) in [6.07, 6.45) is -0.482. The number of halogens is 1. The first-order valence-corrected chi connectivity index (χ1v) is 5.00. The van der Waals surface area contributed by atoms with Crippen molar-refractivity contribution < 1.29 is 9.53 Å². The molecule has 0 aliphatic rings. The molecule has 1 amide bonds. The summed E-state index contributed by atoms with van der Waals surface area (Å²) in [4.78, 5) is 11.4. The van der Waals surface area contributed by atoms with Crippen LogP contribution in [0.5, 0.6) is 5.75 Å². The second-order valence-corrected chi connectivity index (χ2v) is 4.66. The minimum Gasteiger partial charge on any atom is -0.410 e. The molecule has 0 saturated carbocycles. The first-order chi connectivity index (χ1) is 6.87. The molecule has 0 aromatic heterocycles. The fourth-order valence-corrected chi connectivity index (χ4v) is 1.15. The average Bonchev–Trinajstić information content (AvgIpc) is 1.99. The molecular formula is C11H14ClNO2. The molecule has 0 radical (unpaired) electrons. The predicted octanol–water partition coefficient (Wildman–Crippen LogP) is 3.23. The van der Waals surface area contributed by atoms with Gasteiger partial charge in [-0.05, 0) is 39.0 Å². The van der Waals surface area contributed by atoms with E-state index >= 15 is 0 Å². The fourth-order valence-electron chi connectivity index (χ4n) is 0.969. The molecule has 3 nitrogen and oxygen atoms in total. The van der Waals surface area contributed by atoms with E-state index in [0.717, 1.165) is 0 Å². The van der Waals surface area contributed by atoms with E-state index in [1.165, 1.54) is 0 Å². The minimum atomic E-state index is -0.482. The van der Waals surface area contributed by atoms with Gasteiger partial charge in [0.15, 0.2) is 0 Å². The van der Waals surface area contributed by atoms with Gasteiger partial charge in [0.05, 0.1) is 0 Å². The van der Waals surface area contributed by atoms with Crippen LogP contribution in [0, 0.1) is 0 Å². The zero-order chi connectivity index (χ0) is 11.5. The Hall–Kier alpha value is -1.22. The Morgan fingerprint density at radius 1 is 1.40 bits per heavy atom. The molecule has 1 rings (SSSR count). The van der Waals surface area contributed by atoms with Crippen molar-refractivity contribution in [3.8, 4) is 5.75 Å². The van der Waals surface area contributed by atoms with Gasteiger partial charge in [0.2, 0.25) is 0 Å². The van der Waals surface area contributed by atoms with Crippen LogP contribution in [-0.2, 0) is 0 Å². The van der Waals surface area contributed by atoms with Gasteiger partial charge in [0, 0.05) is 10.6 Å². The summed E-state index contributed by atoms with van der Waals surface area (Å²) in [5.74, 6) is 0.434. The topological polar surface area (TPSA) is 38.3 Å². The molecule has 0 aliphatic carbocycles. The number of hydrogen-bond donors (Lipinski definition) is 1. The number of benzene rings is 1. The van der Waals surface area contributed by atoms with Gasteiger partial charge >= 0.3 is 6.09 Å². The van der Waals surface area contributed by atoms with Crippen molar-refractivity contribution >= 4 is 17.7 Å². The molecule has 0 heterocycles. The standard InChI is InChI=1S/C11H14ClNO2/c1-11(2,3)13-10(14)15-9-6-4-5-8(12)7-9/h4-7H,1-3H3,(H,13,14). The Bertz CT molecular complexity index is 358. The molecule has 82 valence electrons. The lowest BCUT2D eigenvalue weighted by Gasteiger charge is -2.19. The maximum absolute atomic E-state index is 11.4. The Labute approximate surface area is 94.4 Å². The molecule has 0 spiro atoms. The third-order valence-corrected chi connectivity index (χ3v) is 1.72. The van der Waals surface area contributed by atoms with Crippen LogP contribution in [0.4, 0.5) is 4.79 Å². The zero-order valence-corrected chi connectivity index (χ0v) is 9.76. The Balaban J connectivity index is 2.59. The van der Waals surface area contributed by atoms with Crippen molar-refractivity contribution in [1.82, 2.24) is 5.32 Å². The third kappa shape index (κ3) is 4.70. The van der Waals surface area contributed by atoms with Crippen molar-refractivity contribution in [2.24, 2.45) is 0 Å². The Morgan fingerprint density at radius 2 is 2.07 bits per heavy atom. The van der Waals surface area contributed by atoms with Crippen molar-refractivity contribution in [2.75, 3.05) is 0 Å². The van der Waals surface area contributed by atoms with Crippen molar-refractivity contribution in [3.63, 3.8) is 0 Å². The highest BCUT2D eigenvalue weighted by atomic mass is 35.5. The quantitative estimate of drug-likeness (QED) is 0.800. The van der Waals surface area contributed by atoms with Gasteiger partial charge in [0.25, 0.3) is 0 Å². The molecule has 15 heavy (non-hydrogen) atoms. The number of rotatable bonds is 1.